The summed E-state index contributed by atoms with van der Waals surface area (Å²) < 4.78 is 24.4. The molecule has 1 N–H and O–H groups in total. The average molecular weight is 595 g/mol. The molecule has 0 heterocycles. The molecule has 0 saturated heterocycles. The highest BCUT2D eigenvalue weighted by Gasteiger charge is 2.44. The van der Waals surface area contributed by atoms with Crippen molar-refractivity contribution in [3.05, 3.63) is 64.1 Å². The lowest BCUT2D eigenvalue weighted by molar-refractivity contribution is -0.146. The Morgan fingerprint density at radius 2 is 1.62 bits per heavy atom. The fraction of sp³-hybridized carbons (Fsp3) is 0.500. The Morgan fingerprint density at radius 1 is 1.00 bits per heavy atom. The number of esters is 1. The zero-order valence-corrected chi connectivity index (χ0v) is 25.9. The molecule has 1 unspecified atom stereocenters. The number of carbonyl (C=O) groups is 2. The van der Waals surface area contributed by atoms with Crippen LogP contribution in [0.2, 0.25) is 18.1 Å². The highest BCUT2D eigenvalue weighted by Crippen LogP contribution is 2.43. The molecule has 0 aliphatic heterocycles. The number of amides is 1. The summed E-state index contributed by atoms with van der Waals surface area (Å²) in [6.07, 6.45) is -1.64. The molecule has 204 valence electrons. The predicted molar refractivity (Wildman–Crippen MR) is 151 cm³/mol. The lowest BCUT2D eigenvalue weighted by atomic mass is 10.0. The van der Waals surface area contributed by atoms with Crippen LogP contribution in [0.15, 0.2) is 53.0 Å². The van der Waals surface area contributed by atoms with Crippen LogP contribution in [0.4, 0.5) is 4.79 Å². The number of alkyl carbamates (subject to hydrolysis) is 1. The van der Waals surface area contributed by atoms with Gasteiger partial charge in [-0.3, -0.25) is 0 Å². The number of methoxy groups -OCH3 is 1. The van der Waals surface area contributed by atoms with Gasteiger partial charge in [0.2, 0.25) is 0 Å². The average Bonchev–Trinajstić information content (AvgIpc) is 2.78. The number of carbonyl (C=O) groups excluding carboxylic acids is 2. The Morgan fingerprint density at radius 3 is 2.16 bits per heavy atom. The van der Waals surface area contributed by atoms with Crippen molar-refractivity contribution < 1.29 is 28.2 Å². The van der Waals surface area contributed by atoms with Crippen LogP contribution in [0, 0.1) is 0 Å². The van der Waals surface area contributed by atoms with E-state index in [0.717, 1.165) is 10.0 Å². The van der Waals surface area contributed by atoms with Gasteiger partial charge in [0.25, 0.3) is 0 Å². The van der Waals surface area contributed by atoms with Crippen molar-refractivity contribution >= 4 is 36.3 Å². The predicted octanol–water partition coefficient (Wildman–Crippen LogP) is 7.16. The maximum Gasteiger partial charge on any atom is 0.408 e. The number of rotatable bonds is 9. The van der Waals surface area contributed by atoms with Gasteiger partial charge in [-0.05, 0) is 62.7 Å². The SMILES string of the molecule is COC(=O)C(NC(=O)OC(C)(C)C)[C@H](O[Si](C)(C)C(C)(C)C)c1cc(Br)ccc1OCc1ccccc1. The van der Waals surface area contributed by atoms with Crippen LogP contribution in [0.25, 0.3) is 0 Å². The third-order valence-electron chi connectivity index (χ3n) is 6.17. The third-order valence-corrected chi connectivity index (χ3v) is 11.1. The van der Waals surface area contributed by atoms with Crippen LogP contribution >= 0.6 is 15.9 Å². The highest BCUT2D eigenvalue weighted by atomic mass is 79.9. The van der Waals surface area contributed by atoms with E-state index >= 15 is 0 Å². The molecule has 7 nitrogen and oxygen atoms in total. The summed E-state index contributed by atoms with van der Waals surface area (Å²) in [6, 6.07) is 14.2. The second-order valence-corrected chi connectivity index (χ2v) is 17.1. The fourth-order valence-corrected chi connectivity index (χ4v) is 4.86. The second-order valence-electron chi connectivity index (χ2n) is 11.4. The normalized spacial score (nSPS) is 13.9. The van der Waals surface area contributed by atoms with Gasteiger partial charge in [0, 0.05) is 10.0 Å². The highest BCUT2D eigenvalue weighted by molar-refractivity contribution is 9.10. The van der Waals surface area contributed by atoms with Crippen molar-refractivity contribution in [2.45, 2.75) is 84.0 Å². The van der Waals surface area contributed by atoms with Crippen LogP contribution in [0.5, 0.6) is 5.75 Å². The van der Waals surface area contributed by atoms with E-state index in [1.165, 1.54) is 7.11 Å². The zero-order valence-electron chi connectivity index (χ0n) is 23.3. The molecular formula is C28H40BrNO6Si. The molecular weight excluding hydrogens is 554 g/mol. The molecule has 2 aromatic carbocycles. The van der Waals surface area contributed by atoms with E-state index in [1.54, 1.807) is 20.8 Å². The molecule has 0 spiro atoms. The summed E-state index contributed by atoms with van der Waals surface area (Å²) in [7, 11) is -1.19. The van der Waals surface area contributed by atoms with Gasteiger partial charge in [-0.2, -0.15) is 0 Å². The van der Waals surface area contributed by atoms with Gasteiger partial charge in [0.15, 0.2) is 14.4 Å². The first-order valence-corrected chi connectivity index (χ1v) is 16.0. The van der Waals surface area contributed by atoms with Crippen LogP contribution in [-0.2, 0) is 25.3 Å². The first kappa shape index (κ1) is 30.9. The number of hydrogen-bond acceptors (Lipinski definition) is 6. The van der Waals surface area contributed by atoms with Crippen molar-refractivity contribution in [2.75, 3.05) is 7.11 Å². The Balaban J connectivity index is 2.60. The number of halogens is 1. The summed E-state index contributed by atoms with van der Waals surface area (Å²) in [5, 5.41) is 2.54. The molecule has 0 aliphatic rings. The molecule has 0 saturated carbocycles. The zero-order chi connectivity index (χ0) is 28.0. The van der Waals surface area contributed by atoms with Gasteiger partial charge in [-0.15, -0.1) is 0 Å². The van der Waals surface area contributed by atoms with E-state index in [0.29, 0.717) is 17.9 Å². The molecule has 2 atom stereocenters. The molecule has 1 amide bonds. The number of nitrogens with one attached hydrogen (secondary N) is 1. The first-order valence-electron chi connectivity index (χ1n) is 12.3. The van der Waals surface area contributed by atoms with E-state index in [1.807, 2.05) is 48.5 Å². The van der Waals surface area contributed by atoms with E-state index in [2.05, 4.69) is 55.1 Å². The van der Waals surface area contributed by atoms with Gasteiger partial charge in [-0.1, -0.05) is 67.0 Å². The van der Waals surface area contributed by atoms with Crippen LogP contribution in [0.3, 0.4) is 0 Å². The Bertz CT molecular complexity index is 1060. The van der Waals surface area contributed by atoms with Crippen molar-refractivity contribution in [3.8, 4) is 5.75 Å². The van der Waals surface area contributed by atoms with E-state index < -0.39 is 38.1 Å². The fourth-order valence-electron chi connectivity index (χ4n) is 3.23. The van der Waals surface area contributed by atoms with E-state index in [9.17, 15) is 9.59 Å². The number of benzene rings is 2. The molecule has 0 radical (unpaired) electrons. The minimum Gasteiger partial charge on any atom is -0.489 e. The molecule has 37 heavy (non-hydrogen) atoms. The summed E-state index contributed by atoms with van der Waals surface area (Å²) in [4.78, 5) is 26.0. The monoisotopic (exact) mass is 593 g/mol. The first-order chi connectivity index (χ1) is 17.0. The summed E-state index contributed by atoms with van der Waals surface area (Å²) in [5.74, 6) is -0.112. The summed E-state index contributed by atoms with van der Waals surface area (Å²) in [5.41, 5.74) is 0.858. The van der Waals surface area contributed by atoms with Crippen LogP contribution < -0.4 is 10.1 Å². The lowest BCUT2D eigenvalue weighted by Gasteiger charge is -2.41. The molecule has 9 heteroatoms. The molecule has 2 aromatic rings. The maximum absolute atomic E-state index is 13.1. The molecule has 0 aromatic heterocycles. The van der Waals surface area contributed by atoms with Crippen molar-refractivity contribution in [2.24, 2.45) is 0 Å². The number of ether oxygens (including phenoxy) is 3. The Labute approximate surface area is 230 Å². The smallest absolute Gasteiger partial charge is 0.408 e. The van der Waals surface area contributed by atoms with E-state index in [4.69, 9.17) is 18.6 Å². The van der Waals surface area contributed by atoms with Gasteiger partial charge >= 0.3 is 12.1 Å². The van der Waals surface area contributed by atoms with Gasteiger partial charge in [-0.25, -0.2) is 9.59 Å². The van der Waals surface area contributed by atoms with Gasteiger partial charge in [0.1, 0.15) is 24.1 Å². The van der Waals surface area contributed by atoms with Gasteiger partial charge < -0.3 is 24.0 Å². The third kappa shape index (κ3) is 9.16. The van der Waals surface area contributed by atoms with Gasteiger partial charge in [0.05, 0.1) is 7.11 Å². The standard InChI is InChI=1S/C28H40BrNO6Si/c1-27(2,3)35-26(32)30-23(25(31)33-7)24(36-37(8,9)28(4,5)6)21-17-20(29)15-16-22(21)34-18-19-13-11-10-12-14-19/h10-17,23-24H,18H2,1-9H3,(H,30,32)/t23?,24-/m1/s1. The van der Waals surface area contributed by atoms with E-state index in [-0.39, 0.29) is 5.04 Å². The van der Waals surface area contributed by atoms with Crippen LogP contribution in [0.1, 0.15) is 58.8 Å². The Hall–Kier alpha value is -2.36. The largest absolute Gasteiger partial charge is 0.489 e. The molecule has 2 rings (SSSR count). The minimum absolute atomic E-state index is 0.172. The van der Waals surface area contributed by atoms with Crippen LogP contribution in [-0.4, -0.2) is 39.1 Å². The Kier molecular flexibility index (Phi) is 10.4. The van der Waals surface area contributed by atoms with Crippen molar-refractivity contribution in [1.29, 1.82) is 0 Å². The maximum atomic E-state index is 13.1. The molecule has 0 aliphatic carbocycles. The number of hydrogen-bond donors (Lipinski definition) is 1. The lowest BCUT2D eigenvalue weighted by Crippen LogP contribution is -2.52. The molecule has 0 fully saturated rings. The second kappa shape index (κ2) is 12.5. The summed E-state index contributed by atoms with van der Waals surface area (Å²) in [6.45, 7) is 16.1. The van der Waals surface area contributed by atoms with Crippen molar-refractivity contribution in [1.82, 2.24) is 5.32 Å². The topological polar surface area (TPSA) is 83.1 Å². The van der Waals surface area contributed by atoms with Crippen molar-refractivity contribution in [3.63, 3.8) is 0 Å². The quantitative estimate of drug-likeness (QED) is 0.245. The summed E-state index contributed by atoms with van der Waals surface area (Å²) >= 11 is 3.55. The minimum atomic E-state index is -2.47. The molecule has 0 bridgehead atoms.